The molecule has 1 aliphatic carbocycles. The minimum absolute atomic E-state index is 0.185. The van der Waals surface area contributed by atoms with E-state index in [4.69, 9.17) is 4.74 Å². The highest BCUT2D eigenvalue weighted by atomic mass is 32.1. The van der Waals surface area contributed by atoms with Crippen LogP contribution in [0.5, 0.6) is 0 Å². The Bertz CT molecular complexity index is 603. The lowest BCUT2D eigenvalue weighted by Crippen LogP contribution is -2.42. The molecule has 4 rings (SSSR count). The summed E-state index contributed by atoms with van der Waals surface area (Å²) in [4.78, 5) is 4.34. The molecule has 2 aliphatic rings. The molecule has 0 amide bonds. The number of ether oxygens (including phenoxy) is 1. The quantitative estimate of drug-likeness (QED) is 0.899. The molecule has 106 valence electrons. The van der Waals surface area contributed by atoms with E-state index >= 15 is 0 Å². The maximum absolute atomic E-state index is 6.10. The van der Waals surface area contributed by atoms with Crippen LogP contribution in [0, 0.1) is 0 Å². The molecule has 1 spiro atoms. The highest BCUT2D eigenvalue weighted by molar-refractivity contribution is 7.16. The molecule has 0 bridgehead atoms. The molecule has 1 saturated heterocycles. The summed E-state index contributed by atoms with van der Waals surface area (Å²) in [6.07, 6.45) is 7.44. The molecule has 1 aromatic carbocycles. The third-order valence-electron chi connectivity index (χ3n) is 4.71. The summed E-state index contributed by atoms with van der Waals surface area (Å²) in [5, 5.41) is 3.71. The van der Waals surface area contributed by atoms with E-state index in [1.54, 1.807) is 11.3 Å². The summed E-state index contributed by atoms with van der Waals surface area (Å²) in [7, 11) is 0. The highest BCUT2D eigenvalue weighted by Crippen LogP contribution is 2.40. The van der Waals surface area contributed by atoms with Gasteiger partial charge in [0.05, 0.1) is 21.3 Å². The van der Waals surface area contributed by atoms with Crippen molar-refractivity contribution >= 4 is 27.2 Å². The Hall–Kier alpha value is -1.13. The Morgan fingerprint density at radius 1 is 1.30 bits per heavy atom. The van der Waals surface area contributed by atoms with E-state index in [1.165, 1.54) is 36.1 Å². The van der Waals surface area contributed by atoms with Gasteiger partial charge in [0, 0.05) is 18.3 Å². The summed E-state index contributed by atoms with van der Waals surface area (Å²) in [5.74, 6) is 0. The third-order valence-corrected chi connectivity index (χ3v) is 5.50. The van der Waals surface area contributed by atoms with Crippen molar-refractivity contribution in [2.75, 3.05) is 11.9 Å². The number of thiazole rings is 1. The molecule has 0 radical (unpaired) electrons. The van der Waals surface area contributed by atoms with Crippen LogP contribution in [0.15, 0.2) is 23.7 Å². The predicted octanol–water partition coefficient (Wildman–Crippen LogP) is 4.20. The Labute approximate surface area is 123 Å². The second-order valence-corrected chi connectivity index (χ2v) is 6.99. The largest absolute Gasteiger partial charge is 0.382 e. The monoisotopic (exact) mass is 288 g/mol. The van der Waals surface area contributed by atoms with Gasteiger partial charge in [-0.15, -0.1) is 11.3 Å². The zero-order chi connectivity index (χ0) is 13.4. The van der Waals surface area contributed by atoms with Crippen LogP contribution in [-0.4, -0.2) is 23.2 Å². The fourth-order valence-electron chi connectivity index (χ4n) is 3.70. The predicted molar refractivity (Wildman–Crippen MR) is 83.4 cm³/mol. The van der Waals surface area contributed by atoms with Crippen LogP contribution in [-0.2, 0) is 4.74 Å². The highest BCUT2D eigenvalue weighted by Gasteiger charge is 2.39. The number of benzene rings is 1. The number of nitrogens with one attached hydrogen (secondary N) is 1. The van der Waals surface area contributed by atoms with E-state index in [2.05, 4.69) is 28.5 Å². The molecule has 2 aromatic rings. The van der Waals surface area contributed by atoms with Gasteiger partial charge in [0.2, 0.25) is 0 Å². The molecule has 2 fully saturated rings. The molecule has 1 N–H and O–H groups in total. The van der Waals surface area contributed by atoms with Crippen molar-refractivity contribution in [3.05, 3.63) is 23.7 Å². The molecule has 3 nitrogen and oxygen atoms in total. The average Bonchev–Trinajstić information content (AvgIpc) is 3.08. The van der Waals surface area contributed by atoms with Gasteiger partial charge >= 0.3 is 0 Å². The van der Waals surface area contributed by atoms with Crippen LogP contribution in [0.4, 0.5) is 5.69 Å². The Morgan fingerprint density at radius 3 is 3.10 bits per heavy atom. The third kappa shape index (κ3) is 2.31. The van der Waals surface area contributed by atoms with E-state index in [-0.39, 0.29) is 5.60 Å². The van der Waals surface area contributed by atoms with Gasteiger partial charge in [0.15, 0.2) is 0 Å². The maximum atomic E-state index is 6.10. The molecule has 2 heterocycles. The first-order valence-electron chi connectivity index (χ1n) is 7.57. The molecule has 1 saturated carbocycles. The molecule has 4 heteroatoms. The molecule has 1 unspecified atom stereocenters. The van der Waals surface area contributed by atoms with E-state index in [1.807, 2.05) is 5.51 Å². The molecule has 1 atom stereocenters. The lowest BCUT2D eigenvalue weighted by atomic mass is 9.89. The van der Waals surface area contributed by atoms with Gasteiger partial charge < -0.3 is 10.1 Å². The first kappa shape index (κ1) is 12.6. The summed E-state index contributed by atoms with van der Waals surface area (Å²) in [6.45, 7) is 0.903. The number of nitrogens with zero attached hydrogens (tertiary/aromatic N) is 1. The maximum Gasteiger partial charge on any atom is 0.0813 e. The van der Waals surface area contributed by atoms with Crippen molar-refractivity contribution in [1.82, 2.24) is 4.98 Å². The van der Waals surface area contributed by atoms with Crippen LogP contribution in [0.3, 0.4) is 0 Å². The first-order valence-corrected chi connectivity index (χ1v) is 8.45. The zero-order valence-electron chi connectivity index (χ0n) is 11.6. The fraction of sp³-hybridized carbons (Fsp3) is 0.562. The SMILES string of the molecule is c1nc2ccc(NC3CCOC4(CCCC4)C3)cc2s1. The molecule has 1 aromatic heterocycles. The lowest BCUT2D eigenvalue weighted by Gasteiger charge is -2.39. The van der Waals surface area contributed by atoms with Crippen molar-refractivity contribution in [2.24, 2.45) is 0 Å². The molecular weight excluding hydrogens is 268 g/mol. The van der Waals surface area contributed by atoms with Gasteiger partial charge in [-0.25, -0.2) is 4.98 Å². The van der Waals surface area contributed by atoms with Gasteiger partial charge in [-0.3, -0.25) is 0 Å². The topological polar surface area (TPSA) is 34.2 Å². The van der Waals surface area contributed by atoms with Gasteiger partial charge in [-0.05, 0) is 43.9 Å². The Kier molecular flexibility index (Phi) is 3.15. The van der Waals surface area contributed by atoms with Gasteiger partial charge in [0.25, 0.3) is 0 Å². The van der Waals surface area contributed by atoms with Crippen LogP contribution in [0.2, 0.25) is 0 Å². The van der Waals surface area contributed by atoms with Crippen LogP contribution in [0.25, 0.3) is 10.2 Å². The summed E-state index contributed by atoms with van der Waals surface area (Å²) in [6, 6.07) is 7.04. The van der Waals surface area contributed by atoms with E-state index in [9.17, 15) is 0 Å². The van der Waals surface area contributed by atoms with E-state index in [0.29, 0.717) is 6.04 Å². The van der Waals surface area contributed by atoms with Gasteiger partial charge in [0.1, 0.15) is 0 Å². The smallest absolute Gasteiger partial charge is 0.0813 e. The number of hydrogen-bond acceptors (Lipinski definition) is 4. The number of rotatable bonds is 2. The summed E-state index contributed by atoms with van der Waals surface area (Å²) >= 11 is 1.71. The zero-order valence-corrected chi connectivity index (χ0v) is 12.4. The van der Waals surface area contributed by atoms with E-state index in [0.717, 1.165) is 25.0 Å². The van der Waals surface area contributed by atoms with Crippen molar-refractivity contribution in [1.29, 1.82) is 0 Å². The molecular formula is C16H20N2OS. The second-order valence-electron chi connectivity index (χ2n) is 6.11. The van der Waals surface area contributed by atoms with Crippen molar-refractivity contribution in [3.63, 3.8) is 0 Å². The second kappa shape index (κ2) is 5.01. The minimum atomic E-state index is 0.185. The van der Waals surface area contributed by atoms with Crippen LogP contribution in [0.1, 0.15) is 38.5 Å². The van der Waals surface area contributed by atoms with Gasteiger partial charge in [-0.2, -0.15) is 0 Å². The van der Waals surface area contributed by atoms with Crippen LogP contribution < -0.4 is 5.32 Å². The average molecular weight is 288 g/mol. The number of aromatic nitrogens is 1. The van der Waals surface area contributed by atoms with Gasteiger partial charge in [-0.1, -0.05) is 12.8 Å². The fourth-order valence-corrected chi connectivity index (χ4v) is 4.42. The van der Waals surface area contributed by atoms with Crippen molar-refractivity contribution in [3.8, 4) is 0 Å². The van der Waals surface area contributed by atoms with Crippen molar-refractivity contribution < 1.29 is 4.74 Å². The van der Waals surface area contributed by atoms with Crippen LogP contribution >= 0.6 is 11.3 Å². The standard InChI is InChI=1S/C16H20N2OS/c1-2-7-16(6-1)10-13(5-8-19-16)18-12-3-4-14-15(9-12)20-11-17-14/h3-4,9,11,13,18H,1-2,5-8,10H2. The number of anilines is 1. The summed E-state index contributed by atoms with van der Waals surface area (Å²) < 4.78 is 7.37. The van der Waals surface area contributed by atoms with Crippen molar-refractivity contribution in [2.45, 2.75) is 50.2 Å². The molecule has 20 heavy (non-hydrogen) atoms. The number of hydrogen-bond donors (Lipinski definition) is 1. The lowest BCUT2D eigenvalue weighted by molar-refractivity contribution is -0.0767. The number of fused-ring (bicyclic) bond motifs is 1. The van der Waals surface area contributed by atoms with E-state index < -0.39 is 0 Å². The Morgan fingerprint density at radius 2 is 2.20 bits per heavy atom. The Balaban J connectivity index is 1.50. The normalized spacial score (nSPS) is 25.3. The summed E-state index contributed by atoms with van der Waals surface area (Å²) in [5.41, 5.74) is 4.42. The minimum Gasteiger partial charge on any atom is -0.382 e. The molecule has 1 aliphatic heterocycles. The first-order chi connectivity index (χ1) is 9.83.